The third-order valence-corrected chi connectivity index (χ3v) is 1.98. The quantitative estimate of drug-likeness (QED) is 0.475. The SMILES string of the molecule is C=CCNCC1COS(=O)O1. The minimum atomic E-state index is -1.52. The van der Waals surface area contributed by atoms with E-state index in [1.807, 2.05) is 0 Å². The van der Waals surface area contributed by atoms with E-state index in [9.17, 15) is 4.21 Å². The Morgan fingerprint density at radius 3 is 3.18 bits per heavy atom. The third-order valence-electron chi connectivity index (χ3n) is 1.23. The molecular formula is C6H11NO3S. The van der Waals surface area contributed by atoms with Crippen LogP contribution in [0.4, 0.5) is 0 Å². The van der Waals surface area contributed by atoms with Crippen LogP contribution in [-0.2, 0) is 19.7 Å². The van der Waals surface area contributed by atoms with Gasteiger partial charge in [-0.2, -0.15) is 4.21 Å². The molecule has 1 aliphatic rings. The maximum Gasteiger partial charge on any atom is 0.305 e. The van der Waals surface area contributed by atoms with Crippen LogP contribution in [0, 0.1) is 0 Å². The normalized spacial score (nSPS) is 30.5. The summed E-state index contributed by atoms with van der Waals surface area (Å²) in [5.74, 6) is 0. The molecule has 0 aromatic carbocycles. The Balaban J connectivity index is 2.08. The highest BCUT2D eigenvalue weighted by molar-refractivity contribution is 7.75. The first-order chi connectivity index (χ1) is 5.33. The zero-order valence-electron chi connectivity index (χ0n) is 6.12. The molecule has 1 heterocycles. The van der Waals surface area contributed by atoms with Crippen LogP contribution in [0.25, 0.3) is 0 Å². The van der Waals surface area contributed by atoms with Crippen LogP contribution in [-0.4, -0.2) is 30.0 Å². The molecule has 1 saturated heterocycles. The molecule has 0 bridgehead atoms. The predicted octanol–water partition coefficient (Wildman–Crippen LogP) is -0.244. The van der Waals surface area contributed by atoms with Crippen molar-refractivity contribution in [3.63, 3.8) is 0 Å². The van der Waals surface area contributed by atoms with Crippen LogP contribution in [0.1, 0.15) is 0 Å². The van der Waals surface area contributed by atoms with E-state index in [0.717, 1.165) is 6.54 Å². The lowest BCUT2D eigenvalue weighted by Gasteiger charge is -2.04. The molecule has 0 spiro atoms. The van der Waals surface area contributed by atoms with Gasteiger partial charge in [0.25, 0.3) is 0 Å². The Kier molecular flexibility index (Phi) is 3.71. The van der Waals surface area contributed by atoms with Crippen molar-refractivity contribution in [3.8, 4) is 0 Å². The lowest BCUT2D eigenvalue weighted by atomic mass is 10.4. The molecule has 1 rings (SSSR count). The van der Waals surface area contributed by atoms with Crippen molar-refractivity contribution >= 4 is 11.4 Å². The molecule has 0 aliphatic carbocycles. The minimum Gasteiger partial charge on any atom is -0.311 e. The first-order valence-corrected chi connectivity index (χ1v) is 4.36. The molecule has 11 heavy (non-hydrogen) atoms. The summed E-state index contributed by atoms with van der Waals surface area (Å²) in [6.45, 7) is 5.32. The molecule has 1 fully saturated rings. The average Bonchev–Trinajstić information content (AvgIpc) is 2.37. The fourth-order valence-electron chi connectivity index (χ4n) is 0.737. The van der Waals surface area contributed by atoms with Crippen LogP contribution < -0.4 is 5.32 Å². The van der Waals surface area contributed by atoms with Gasteiger partial charge in [0, 0.05) is 13.1 Å². The molecule has 4 nitrogen and oxygen atoms in total. The smallest absolute Gasteiger partial charge is 0.305 e. The first kappa shape index (κ1) is 8.86. The lowest BCUT2D eigenvalue weighted by Crippen LogP contribution is -2.28. The number of hydrogen-bond donors (Lipinski definition) is 1. The lowest BCUT2D eigenvalue weighted by molar-refractivity contribution is 0.236. The Labute approximate surface area is 68.4 Å². The third kappa shape index (κ3) is 3.11. The monoisotopic (exact) mass is 177 g/mol. The second-order valence-electron chi connectivity index (χ2n) is 2.15. The van der Waals surface area contributed by atoms with Gasteiger partial charge < -0.3 is 5.32 Å². The van der Waals surface area contributed by atoms with E-state index >= 15 is 0 Å². The van der Waals surface area contributed by atoms with Gasteiger partial charge in [0.15, 0.2) is 0 Å². The molecule has 2 atom stereocenters. The number of nitrogens with one attached hydrogen (secondary N) is 1. The highest BCUT2D eigenvalue weighted by Crippen LogP contribution is 2.06. The molecule has 0 radical (unpaired) electrons. The summed E-state index contributed by atoms with van der Waals surface area (Å²) in [6, 6.07) is 0. The van der Waals surface area contributed by atoms with Gasteiger partial charge >= 0.3 is 11.4 Å². The van der Waals surface area contributed by atoms with E-state index in [-0.39, 0.29) is 6.10 Å². The van der Waals surface area contributed by atoms with Gasteiger partial charge in [-0.1, -0.05) is 6.08 Å². The molecule has 1 aliphatic heterocycles. The van der Waals surface area contributed by atoms with Crippen molar-refractivity contribution in [1.82, 2.24) is 5.32 Å². The van der Waals surface area contributed by atoms with Crippen molar-refractivity contribution in [3.05, 3.63) is 12.7 Å². The second-order valence-corrected chi connectivity index (χ2v) is 2.99. The van der Waals surface area contributed by atoms with Crippen molar-refractivity contribution in [2.75, 3.05) is 19.7 Å². The summed E-state index contributed by atoms with van der Waals surface area (Å²) in [4.78, 5) is 0. The number of rotatable bonds is 4. The van der Waals surface area contributed by atoms with Crippen molar-refractivity contribution < 1.29 is 12.6 Å². The van der Waals surface area contributed by atoms with Gasteiger partial charge in [0.05, 0.1) is 6.61 Å². The van der Waals surface area contributed by atoms with Crippen LogP contribution in [0.5, 0.6) is 0 Å². The van der Waals surface area contributed by atoms with Crippen molar-refractivity contribution in [1.29, 1.82) is 0 Å². The molecule has 2 unspecified atom stereocenters. The second kappa shape index (κ2) is 4.61. The first-order valence-electron chi connectivity index (χ1n) is 3.36. The standard InChI is InChI=1S/C6H11NO3S/c1-2-3-7-4-6-5-9-11(8)10-6/h2,6-7H,1,3-5H2. The zero-order valence-corrected chi connectivity index (χ0v) is 6.93. The maximum absolute atomic E-state index is 10.5. The van der Waals surface area contributed by atoms with Gasteiger partial charge in [0.1, 0.15) is 6.10 Å². The molecule has 64 valence electrons. The van der Waals surface area contributed by atoms with Gasteiger partial charge in [-0.3, -0.25) is 8.37 Å². The van der Waals surface area contributed by atoms with Gasteiger partial charge in [-0.25, -0.2) is 0 Å². The predicted molar refractivity (Wildman–Crippen MR) is 42.0 cm³/mol. The molecule has 5 heteroatoms. The van der Waals surface area contributed by atoms with E-state index in [1.54, 1.807) is 6.08 Å². The summed E-state index contributed by atoms with van der Waals surface area (Å²) in [5.41, 5.74) is 0. The minimum absolute atomic E-state index is 0.0872. The molecule has 0 saturated carbocycles. The fraction of sp³-hybridized carbons (Fsp3) is 0.667. The average molecular weight is 177 g/mol. The fourth-order valence-corrected chi connectivity index (χ4v) is 1.40. The van der Waals surface area contributed by atoms with E-state index < -0.39 is 11.4 Å². The topological polar surface area (TPSA) is 47.6 Å². The molecule has 0 aromatic heterocycles. The largest absolute Gasteiger partial charge is 0.311 e. The van der Waals surface area contributed by atoms with Crippen molar-refractivity contribution in [2.24, 2.45) is 0 Å². The summed E-state index contributed by atoms with van der Waals surface area (Å²) in [6.07, 6.45) is 1.67. The van der Waals surface area contributed by atoms with Gasteiger partial charge in [-0.05, 0) is 0 Å². The van der Waals surface area contributed by atoms with Crippen LogP contribution in [0.2, 0.25) is 0 Å². The van der Waals surface area contributed by atoms with Gasteiger partial charge in [0.2, 0.25) is 0 Å². The van der Waals surface area contributed by atoms with E-state index in [1.165, 1.54) is 0 Å². The van der Waals surface area contributed by atoms with E-state index in [2.05, 4.69) is 16.1 Å². The Bertz CT molecular complexity index is 162. The molecule has 0 aromatic rings. The molecular weight excluding hydrogens is 166 g/mol. The number of hydrogen-bond acceptors (Lipinski definition) is 4. The Hall–Kier alpha value is -0.230. The van der Waals surface area contributed by atoms with Crippen LogP contribution in [0.15, 0.2) is 12.7 Å². The summed E-state index contributed by atoms with van der Waals surface area (Å²) in [7, 11) is 0. The summed E-state index contributed by atoms with van der Waals surface area (Å²) in [5, 5.41) is 3.04. The molecule has 1 N–H and O–H groups in total. The summed E-state index contributed by atoms with van der Waals surface area (Å²) >= 11 is -1.52. The van der Waals surface area contributed by atoms with E-state index in [4.69, 9.17) is 4.18 Å². The Morgan fingerprint density at radius 2 is 2.64 bits per heavy atom. The van der Waals surface area contributed by atoms with E-state index in [0.29, 0.717) is 13.2 Å². The van der Waals surface area contributed by atoms with Crippen LogP contribution >= 0.6 is 0 Å². The Morgan fingerprint density at radius 1 is 1.82 bits per heavy atom. The van der Waals surface area contributed by atoms with Crippen LogP contribution in [0.3, 0.4) is 0 Å². The molecule has 0 amide bonds. The highest BCUT2D eigenvalue weighted by atomic mass is 32.2. The highest BCUT2D eigenvalue weighted by Gasteiger charge is 2.22. The maximum atomic E-state index is 10.5. The van der Waals surface area contributed by atoms with Gasteiger partial charge in [-0.15, -0.1) is 6.58 Å². The van der Waals surface area contributed by atoms with Crippen molar-refractivity contribution in [2.45, 2.75) is 6.10 Å². The zero-order chi connectivity index (χ0) is 8.10. The summed E-state index contributed by atoms with van der Waals surface area (Å²) < 4.78 is 20.0.